The molecular formula is C20H22N4O2. The number of aryl methyl sites for hydroxylation is 1. The van der Waals surface area contributed by atoms with Crippen molar-refractivity contribution in [1.82, 2.24) is 19.3 Å². The molecule has 1 fully saturated rings. The highest BCUT2D eigenvalue weighted by Gasteiger charge is 2.24. The summed E-state index contributed by atoms with van der Waals surface area (Å²) in [6, 6.07) is 7.80. The van der Waals surface area contributed by atoms with E-state index >= 15 is 0 Å². The lowest BCUT2D eigenvalue weighted by Gasteiger charge is -2.23. The zero-order valence-electron chi connectivity index (χ0n) is 14.8. The minimum Gasteiger partial charge on any atom is -0.379 e. The number of rotatable bonds is 3. The number of carbonyl (C=O) groups excluding carboxylic acids is 1. The molecule has 1 atom stereocenters. The quantitative estimate of drug-likeness (QED) is 0.728. The number of pyridine rings is 1. The molecule has 0 saturated carbocycles. The van der Waals surface area contributed by atoms with Crippen molar-refractivity contribution in [2.45, 2.75) is 13.3 Å². The molecule has 3 aromatic heterocycles. The molecule has 0 aromatic carbocycles. The Labute approximate surface area is 152 Å². The van der Waals surface area contributed by atoms with Gasteiger partial charge in [0.15, 0.2) is 0 Å². The Balaban J connectivity index is 1.51. The van der Waals surface area contributed by atoms with Crippen LogP contribution in [0.15, 0.2) is 49.1 Å². The van der Waals surface area contributed by atoms with E-state index in [0.29, 0.717) is 31.9 Å². The molecule has 0 radical (unpaired) electrons. The maximum atomic E-state index is 12.8. The highest BCUT2D eigenvalue weighted by molar-refractivity contribution is 5.94. The van der Waals surface area contributed by atoms with Crippen LogP contribution in [0.5, 0.6) is 0 Å². The largest absolute Gasteiger partial charge is 0.379 e. The molecule has 0 unspecified atom stereocenters. The fraction of sp³-hybridized carbons (Fsp3) is 0.350. The Morgan fingerprint density at radius 2 is 2.19 bits per heavy atom. The molecule has 134 valence electrons. The molecule has 0 N–H and O–H groups in total. The van der Waals surface area contributed by atoms with Crippen molar-refractivity contribution >= 4 is 11.4 Å². The van der Waals surface area contributed by atoms with Gasteiger partial charge in [0.2, 0.25) is 0 Å². The van der Waals surface area contributed by atoms with Gasteiger partial charge in [0.05, 0.1) is 30.0 Å². The van der Waals surface area contributed by atoms with E-state index in [1.54, 1.807) is 6.20 Å². The molecule has 1 aliphatic rings. The number of aromatic nitrogens is 3. The topological polar surface area (TPSA) is 59.7 Å². The van der Waals surface area contributed by atoms with Crippen molar-refractivity contribution in [2.24, 2.45) is 5.92 Å². The molecule has 6 nitrogen and oxygen atoms in total. The van der Waals surface area contributed by atoms with E-state index in [0.717, 1.165) is 23.3 Å². The molecule has 26 heavy (non-hydrogen) atoms. The Kier molecular flexibility index (Phi) is 4.67. The van der Waals surface area contributed by atoms with Crippen LogP contribution in [-0.4, -0.2) is 51.5 Å². The van der Waals surface area contributed by atoms with Crippen LogP contribution in [0.1, 0.15) is 21.7 Å². The van der Waals surface area contributed by atoms with Crippen LogP contribution in [-0.2, 0) is 11.2 Å². The zero-order chi connectivity index (χ0) is 17.9. The molecule has 4 rings (SSSR count). The van der Waals surface area contributed by atoms with Crippen LogP contribution in [0.25, 0.3) is 5.52 Å². The van der Waals surface area contributed by atoms with E-state index in [4.69, 9.17) is 4.74 Å². The second-order valence-corrected chi connectivity index (χ2v) is 6.76. The van der Waals surface area contributed by atoms with Crippen molar-refractivity contribution in [3.63, 3.8) is 0 Å². The van der Waals surface area contributed by atoms with Crippen LogP contribution >= 0.6 is 0 Å². The zero-order valence-corrected chi connectivity index (χ0v) is 14.8. The smallest absolute Gasteiger partial charge is 0.255 e. The maximum absolute atomic E-state index is 12.8. The van der Waals surface area contributed by atoms with Gasteiger partial charge < -0.3 is 14.0 Å². The molecule has 1 saturated heterocycles. The predicted molar refractivity (Wildman–Crippen MR) is 98.1 cm³/mol. The number of amides is 1. The first-order valence-electron chi connectivity index (χ1n) is 8.91. The van der Waals surface area contributed by atoms with Gasteiger partial charge in [-0.3, -0.25) is 14.8 Å². The van der Waals surface area contributed by atoms with Crippen molar-refractivity contribution < 1.29 is 9.53 Å². The van der Waals surface area contributed by atoms with Gasteiger partial charge in [-0.15, -0.1) is 0 Å². The molecule has 4 heterocycles. The minimum absolute atomic E-state index is 0.0156. The first-order valence-corrected chi connectivity index (χ1v) is 8.91. The molecule has 1 amide bonds. The summed E-state index contributed by atoms with van der Waals surface area (Å²) in [6.45, 7) is 4.38. The summed E-state index contributed by atoms with van der Waals surface area (Å²) in [5.74, 6) is 0.232. The van der Waals surface area contributed by atoms with Gasteiger partial charge >= 0.3 is 0 Å². The third-order valence-electron chi connectivity index (χ3n) is 4.80. The van der Waals surface area contributed by atoms with E-state index < -0.39 is 0 Å². The highest BCUT2D eigenvalue weighted by Crippen LogP contribution is 2.18. The molecule has 3 aromatic rings. The Hall–Kier alpha value is -2.73. The maximum Gasteiger partial charge on any atom is 0.255 e. The average molecular weight is 350 g/mol. The second-order valence-electron chi connectivity index (χ2n) is 6.76. The average Bonchev–Trinajstić information content (AvgIpc) is 3.02. The number of ether oxygens (including phenoxy) is 1. The number of hydrogen-bond acceptors (Lipinski definition) is 4. The van der Waals surface area contributed by atoms with Gasteiger partial charge in [-0.25, -0.2) is 0 Å². The Bertz CT molecular complexity index is 904. The van der Waals surface area contributed by atoms with E-state index in [1.807, 2.05) is 48.6 Å². The minimum atomic E-state index is 0.0156. The van der Waals surface area contributed by atoms with Gasteiger partial charge in [-0.05, 0) is 37.6 Å². The van der Waals surface area contributed by atoms with Gasteiger partial charge in [0, 0.05) is 49.5 Å². The second kappa shape index (κ2) is 7.25. The van der Waals surface area contributed by atoms with Gasteiger partial charge in [0.25, 0.3) is 5.91 Å². The molecule has 1 aliphatic heterocycles. The van der Waals surface area contributed by atoms with E-state index in [2.05, 4.69) is 20.4 Å². The third kappa shape index (κ3) is 3.46. The van der Waals surface area contributed by atoms with E-state index in [-0.39, 0.29) is 11.8 Å². The van der Waals surface area contributed by atoms with Crippen LogP contribution in [0.2, 0.25) is 0 Å². The Morgan fingerprint density at radius 1 is 1.27 bits per heavy atom. The fourth-order valence-corrected chi connectivity index (χ4v) is 3.43. The van der Waals surface area contributed by atoms with Crippen LogP contribution in [0.3, 0.4) is 0 Å². The number of hydrogen-bond donors (Lipinski definition) is 0. The number of carbonyl (C=O) groups is 1. The van der Waals surface area contributed by atoms with Crippen molar-refractivity contribution in [3.8, 4) is 0 Å². The van der Waals surface area contributed by atoms with E-state index in [1.165, 1.54) is 0 Å². The fourth-order valence-electron chi connectivity index (χ4n) is 3.43. The molecule has 0 aliphatic carbocycles. The number of nitrogens with zero attached hydrogens (tertiary/aromatic N) is 4. The van der Waals surface area contributed by atoms with Crippen LogP contribution < -0.4 is 0 Å². The number of fused-ring (bicyclic) bond motifs is 1. The SMILES string of the molecule is Cc1ccc(C(=O)N2CCOC[C@@H](Cc3nccn4cccc34)C2)cn1. The lowest BCUT2D eigenvalue weighted by molar-refractivity contribution is 0.0737. The lowest BCUT2D eigenvalue weighted by Crippen LogP contribution is -2.36. The lowest BCUT2D eigenvalue weighted by atomic mass is 10.0. The van der Waals surface area contributed by atoms with Crippen molar-refractivity contribution in [2.75, 3.05) is 26.3 Å². The van der Waals surface area contributed by atoms with Gasteiger partial charge in [-0.2, -0.15) is 0 Å². The summed E-state index contributed by atoms with van der Waals surface area (Å²) in [7, 11) is 0. The standard InChI is InChI=1S/C20H22N4O2/c1-15-4-5-17(12-22-15)20(25)24-9-10-26-14-16(13-24)11-18-19-3-2-7-23(19)8-6-21-18/h2-8,12,16H,9-11,13-14H2,1H3/t16-/m0/s1. The van der Waals surface area contributed by atoms with E-state index in [9.17, 15) is 4.79 Å². The highest BCUT2D eigenvalue weighted by atomic mass is 16.5. The summed E-state index contributed by atoms with van der Waals surface area (Å²) in [5.41, 5.74) is 3.68. The van der Waals surface area contributed by atoms with Gasteiger partial charge in [0.1, 0.15) is 0 Å². The predicted octanol–water partition coefficient (Wildman–Crippen LogP) is 2.37. The summed E-state index contributed by atoms with van der Waals surface area (Å²) in [6.07, 6.45) is 8.22. The summed E-state index contributed by atoms with van der Waals surface area (Å²) >= 11 is 0. The van der Waals surface area contributed by atoms with Crippen LogP contribution in [0.4, 0.5) is 0 Å². The van der Waals surface area contributed by atoms with Crippen molar-refractivity contribution in [1.29, 1.82) is 0 Å². The first kappa shape index (κ1) is 16.7. The van der Waals surface area contributed by atoms with Crippen LogP contribution in [0, 0.1) is 12.8 Å². The summed E-state index contributed by atoms with van der Waals surface area (Å²) in [5, 5.41) is 0. The molecule has 6 heteroatoms. The van der Waals surface area contributed by atoms with Crippen molar-refractivity contribution in [3.05, 3.63) is 66.0 Å². The molecular weight excluding hydrogens is 328 g/mol. The Morgan fingerprint density at radius 3 is 3.04 bits per heavy atom. The molecule has 0 spiro atoms. The third-order valence-corrected chi connectivity index (χ3v) is 4.80. The molecule has 0 bridgehead atoms. The summed E-state index contributed by atoms with van der Waals surface area (Å²) < 4.78 is 7.83. The first-order chi connectivity index (χ1) is 12.7. The van der Waals surface area contributed by atoms with Gasteiger partial charge in [-0.1, -0.05) is 0 Å². The normalized spacial score (nSPS) is 18.0. The monoisotopic (exact) mass is 350 g/mol. The summed E-state index contributed by atoms with van der Waals surface area (Å²) in [4.78, 5) is 23.5.